The molecule has 1 aromatic carbocycles. The predicted octanol–water partition coefficient (Wildman–Crippen LogP) is 3.64. The highest BCUT2D eigenvalue weighted by atomic mass is 32.2. The lowest BCUT2D eigenvalue weighted by Gasteiger charge is -2.05. The van der Waals surface area contributed by atoms with Crippen LogP contribution >= 0.6 is 23.1 Å². The molecule has 0 N–H and O–H groups in total. The highest BCUT2D eigenvalue weighted by Crippen LogP contribution is 2.32. The summed E-state index contributed by atoms with van der Waals surface area (Å²) in [6, 6.07) is 4.62. The summed E-state index contributed by atoms with van der Waals surface area (Å²) < 4.78 is 14.3. The molecule has 82 valence electrons. The van der Waals surface area contributed by atoms with Crippen molar-refractivity contribution in [2.24, 2.45) is 0 Å². The summed E-state index contributed by atoms with van der Waals surface area (Å²) in [5, 5.41) is 1.84. The maximum absolute atomic E-state index is 13.5. The lowest BCUT2D eigenvalue weighted by atomic mass is 10.1. The minimum absolute atomic E-state index is 0.141. The number of Topliss-reactive ketones (excluding diaryl/α,β-unsaturated/α-hetero) is 1. The standard InChI is InChI=1S/C11H8FNOS2/c1-7(14)10-8(12)3-2-4-9(10)16-11-13-5-6-15-11/h2-6H,1H3. The SMILES string of the molecule is CC(=O)c1c(F)cccc1Sc1nccs1. The molecule has 2 rings (SSSR count). The topological polar surface area (TPSA) is 30.0 Å². The van der Waals surface area contributed by atoms with E-state index in [1.165, 1.54) is 36.1 Å². The van der Waals surface area contributed by atoms with Gasteiger partial charge in [0.05, 0.1) is 5.56 Å². The second kappa shape index (κ2) is 4.76. The number of nitrogens with zero attached hydrogens (tertiary/aromatic N) is 1. The quantitative estimate of drug-likeness (QED) is 0.782. The van der Waals surface area contributed by atoms with Gasteiger partial charge in [-0.15, -0.1) is 11.3 Å². The third kappa shape index (κ3) is 2.31. The summed E-state index contributed by atoms with van der Waals surface area (Å²) in [6.07, 6.45) is 1.68. The van der Waals surface area contributed by atoms with Gasteiger partial charge in [-0.25, -0.2) is 9.37 Å². The molecule has 0 radical (unpaired) electrons. The lowest BCUT2D eigenvalue weighted by Crippen LogP contribution is -1.99. The normalized spacial score (nSPS) is 10.4. The smallest absolute Gasteiger partial charge is 0.163 e. The number of ketones is 1. The van der Waals surface area contributed by atoms with Gasteiger partial charge in [0.1, 0.15) is 5.82 Å². The molecular formula is C11H8FNOS2. The second-order valence-corrected chi connectivity index (χ2v) is 5.25. The van der Waals surface area contributed by atoms with Crippen molar-refractivity contribution in [3.8, 4) is 0 Å². The third-order valence-corrected chi connectivity index (χ3v) is 3.88. The summed E-state index contributed by atoms with van der Waals surface area (Å²) in [4.78, 5) is 16.0. The Morgan fingerprint density at radius 2 is 2.31 bits per heavy atom. The Hall–Kier alpha value is -1.20. The molecule has 0 spiro atoms. The van der Waals surface area contributed by atoms with Crippen molar-refractivity contribution in [2.75, 3.05) is 0 Å². The third-order valence-electron chi connectivity index (χ3n) is 1.93. The minimum atomic E-state index is -0.478. The zero-order chi connectivity index (χ0) is 11.5. The molecule has 0 fully saturated rings. The van der Waals surface area contributed by atoms with Crippen molar-refractivity contribution in [3.63, 3.8) is 0 Å². The molecule has 0 unspecified atom stereocenters. The van der Waals surface area contributed by atoms with Gasteiger partial charge in [-0.3, -0.25) is 4.79 Å². The van der Waals surface area contributed by atoms with Gasteiger partial charge in [-0.1, -0.05) is 17.8 Å². The van der Waals surface area contributed by atoms with E-state index in [2.05, 4.69) is 4.98 Å². The van der Waals surface area contributed by atoms with E-state index in [0.717, 1.165) is 4.34 Å². The van der Waals surface area contributed by atoms with Crippen molar-refractivity contribution >= 4 is 28.9 Å². The second-order valence-electron chi connectivity index (χ2n) is 3.07. The number of hydrogen-bond acceptors (Lipinski definition) is 4. The first-order valence-corrected chi connectivity index (χ1v) is 6.25. The summed E-state index contributed by atoms with van der Waals surface area (Å²) in [6.45, 7) is 1.37. The maximum atomic E-state index is 13.5. The fourth-order valence-corrected chi connectivity index (χ4v) is 3.07. The Balaban J connectivity index is 2.40. The van der Waals surface area contributed by atoms with Gasteiger partial charge < -0.3 is 0 Å². The maximum Gasteiger partial charge on any atom is 0.163 e. The van der Waals surface area contributed by atoms with E-state index in [-0.39, 0.29) is 11.3 Å². The van der Waals surface area contributed by atoms with Crippen LogP contribution in [-0.4, -0.2) is 10.8 Å². The average Bonchev–Trinajstić information content (AvgIpc) is 2.70. The van der Waals surface area contributed by atoms with Crippen molar-refractivity contribution in [2.45, 2.75) is 16.2 Å². The molecule has 16 heavy (non-hydrogen) atoms. The van der Waals surface area contributed by atoms with Gasteiger partial charge in [0.25, 0.3) is 0 Å². The highest BCUT2D eigenvalue weighted by molar-refractivity contribution is 8.01. The van der Waals surface area contributed by atoms with E-state index in [1.807, 2.05) is 5.38 Å². The zero-order valence-electron chi connectivity index (χ0n) is 8.44. The van der Waals surface area contributed by atoms with Crippen LogP contribution in [-0.2, 0) is 0 Å². The number of rotatable bonds is 3. The first-order chi connectivity index (χ1) is 7.68. The van der Waals surface area contributed by atoms with Gasteiger partial charge in [0.2, 0.25) is 0 Å². The minimum Gasteiger partial charge on any atom is -0.294 e. The molecule has 1 heterocycles. The Bertz CT molecular complexity index is 511. The molecule has 5 heteroatoms. The highest BCUT2D eigenvalue weighted by Gasteiger charge is 2.14. The molecule has 2 aromatic rings. The first kappa shape index (κ1) is 11.3. The molecule has 0 saturated carbocycles. The Labute approximate surface area is 101 Å². The van der Waals surface area contributed by atoms with E-state index in [1.54, 1.807) is 18.3 Å². The van der Waals surface area contributed by atoms with Crippen LogP contribution in [0.5, 0.6) is 0 Å². The van der Waals surface area contributed by atoms with Crippen LogP contribution in [0.4, 0.5) is 4.39 Å². The molecule has 1 aromatic heterocycles. The molecule has 0 aliphatic carbocycles. The molecule has 0 amide bonds. The van der Waals surface area contributed by atoms with Crippen LogP contribution in [0.25, 0.3) is 0 Å². The van der Waals surface area contributed by atoms with Crippen molar-refractivity contribution < 1.29 is 9.18 Å². The molecule has 0 aliphatic rings. The average molecular weight is 253 g/mol. The largest absolute Gasteiger partial charge is 0.294 e. The number of aromatic nitrogens is 1. The van der Waals surface area contributed by atoms with Crippen LogP contribution in [0.1, 0.15) is 17.3 Å². The van der Waals surface area contributed by atoms with Crippen LogP contribution in [0.15, 0.2) is 39.0 Å². The number of benzene rings is 1. The van der Waals surface area contributed by atoms with Gasteiger partial charge in [0.15, 0.2) is 10.1 Å². The monoisotopic (exact) mass is 253 g/mol. The lowest BCUT2D eigenvalue weighted by molar-refractivity contribution is 0.101. The van der Waals surface area contributed by atoms with Crippen molar-refractivity contribution in [1.82, 2.24) is 4.98 Å². The summed E-state index contributed by atoms with van der Waals surface area (Å²) in [5.41, 5.74) is 0.141. The molecule has 0 saturated heterocycles. The number of thiazole rings is 1. The van der Waals surface area contributed by atoms with E-state index in [0.29, 0.717) is 4.90 Å². The summed E-state index contributed by atoms with van der Waals surface area (Å²) >= 11 is 2.77. The van der Waals surface area contributed by atoms with E-state index >= 15 is 0 Å². The number of carbonyl (C=O) groups is 1. The Morgan fingerprint density at radius 1 is 1.50 bits per heavy atom. The van der Waals surface area contributed by atoms with Crippen LogP contribution in [0, 0.1) is 5.82 Å². The van der Waals surface area contributed by atoms with Gasteiger partial charge in [0, 0.05) is 16.5 Å². The molecule has 2 nitrogen and oxygen atoms in total. The van der Waals surface area contributed by atoms with Crippen molar-refractivity contribution in [1.29, 1.82) is 0 Å². The molecule has 0 bridgehead atoms. The molecule has 0 atom stereocenters. The van der Waals surface area contributed by atoms with Gasteiger partial charge >= 0.3 is 0 Å². The zero-order valence-corrected chi connectivity index (χ0v) is 10.1. The fourth-order valence-electron chi connectivity index (χ4n) is 1.29. The Kier molecular flexibility index (Phi) is 3.36. The molecular weight excluding hydrogens is 245 g/mol. The number of carbonyl (C=O) groups excluding carboxylic acids is 1. The predicted molar refractivity (Wildman–Crippen MR) is 62.6 cm³/mol. The summed E-state index contributed by atoms with van der Waals surface area (Å²) in [7, 11) is 0. The fraction of sp³-hybridized carbons (Fsp3) is 0.0909. The Morgan fingerprint density at radius 3 is 2.94 bits per heavy atom. The van der Waals surface area contributed by atoms with E-state index < -0.39 is 5.82 Å². The van der Waals surface area contributed by atoms with Gasteiger partial charge in [-0.2, -0.15) is 0 Å². The summed E-state index contributed by atoms with van der Waals surface area (Å²) in [5.74, 6) is -0.744. The number of hydrogen-bond donors (Lipinski definition) is 0. The first-order valence-electron chi connectivity index (χ1n) is 4.55. The van der Waals surface area contributed by atoms with Crippen LogP contribution in [0.3, 0.4) is 0 Å². The number of halogens is 1. The van der Waals surface area contributed by atoms with Gasteiger partial charge in [-0.05, 0) is 19.1 Å². The van der Waals surface area contributed by atoms with Crippen LogP contribution in [0.2, 0.25) is 0 Å². The van der Waals surface area contributed by atoms with Crippen molar-refractivity contribution in [3.05, 3.63) is 41.2 Å². The van der Waals surface area contributed by atoms with Crippen LogP contribution < -0.4 is 0 Å². The van der Waals surface area contributed by atoms with E-state index in [4.69, 9.17) is 0 Å². The molecule has 0 aliphatic heterocycles. The van der Waals surface area contributed by atoms with E-state index in [9.17, 15) is 9.18 Å².